The molecule has 2 nitrogen and oxygen atoms in total. The van der Waals surface area contributed by atoms with Gasteiger partial charge in [0.15, 0.2) is 0 Å². The fourth-order valence-electron chi connectivity index (χ4n) is 2.48. The van der Waals surface area contributed by atoms with Gasteiger partial charge in [0, 0.05) is 25.3 Å². The summed E-state index contributed by atoms with van der Waals surface area (Å²) in [5.41, 5.74) is 1.57. The molecule has 0 amide bonds. The van der Waals surface area contributed by atoms with Crippen LogP contribution in [0.3, 0.4) is 0 Å². The maximum Gasteiger partial charge on any atom is 0.344 e. The van der Waals surface area contributed by atoms with E-state index in [0.717, 1.165) is 0 Å². The van der Waals surface area contributed by atoms with Crippen molar-refractivity contribution >= 4 is 8.56 Å². The molecule has 72 valence electrons. The Labute approximate surface area is 76.5 Å². The molecule has 0 aromatic heterocycles. The molecule has 0 bridgehead atoms. The van der Waals surface area contributed by atoms with Gasteiger partial charge in [0.1, 0.15) is 0 Å². The van der Waals surface area contributed by atoms with Gasteiger partial charge in [-0.25, -0.2) is 0 Å². The molecule has 0 radical (unpaired) electrons. The summed E-state index contributed by atoms with van der Waals surface area (Å²) in [5.74, 6) is 0. The molecule has 0 aromatic rings. The largest absolute Gasteiger partial charge is 0.397 e. The van der Waals surface area contributed by atoms with E-state index in [1.165, 1.54) is 0 Å². The van der Waals surface area contributed by atoms with Gasteiger partial charge in [0.25, 0.3) is 0 Å². The summed E-state index contributed by atoms with van der Waals surface area (Å²) >= 11 is 0. The van der Waals surface area contributed by atoms with Crippen molar-refractivity contribution in [2.75, 3.05) is 14.2 Å². The van der Waals surface area contributed by atoms with E-state index in [-0.39, 0.29) is 0 Å². The van der Waals surface area contributed by atoms with Crippen molar-refractivity contribution in [1.29, 1.82) is 0 Å². The first-order valence-corrected chi connectivity index (χ1v) is 6.51. The van der Waals surface area contributed by atoms with Crippen molar-refractivity contribution in [3.8, 4) is 0 Å². The van der Waals surface area contributed by atoms with E-state index in [1.807, 2.05) is 0 Å². The highest BCUT2D eigenvalue weighted by molar-refractivity contribution is 6.74. The molecule has 1 heterocycles. The van der Waals surface area contributed by atoms with Crippen LogP contribution in [0.2, 0.25) is 11.1 Å². The number of hydrogen-bond donors (Lipinski definition) is 0. The molecule has 0 aromatic carbocycles. The maximum atomic E-state index is 5.60. The number of hydrogen-bond acceptors (Lipinski definition) is 2. The Morgan fingerprint density at radius 1 is 1.00 bits per heavy atom. The lowest BCUT2D eigenvalue weighted by molar-refractivity contribution is 0.101. The monoisotopic (exact) mass is 188 g/mol. The minimum Gasteiger partial charge on any atom is -0.397 e. The first-order valence-electron chi connectivity index (χ1n) is 4.53. The highest BCUT2D eigenvalue weighted by atomic mass is 28.4. The molecule has 12 heavy (non-hydrogen) atoms. The van der Waals surface area contributed by atoms with Crippen molar-refractivity contribution in [3.05, 3.63) is 0 Å². The first kappa shape index (κ1) is 10.2. The van der Waals surface area contributed by atoms with Crippen LogP contribution in [0.4, 0.5) is 0 Å². The Bertz CT molecular complexity index is 161. The van der Waals surface area contributed by atoms with Crippen molar-refractivity contribution in [1.82, 2.24) is 0 Å². The summed E-state index contributed by atoms with van der Waals surface area (Å²) in [7, 11) is 1.75. The van der Waals surface area contributed by atoms with E-state index in [4.69, 9.17) is 8.85 Å². The maximum absolute atomic E-state index is 5.60. The summed E-state index contributed by atoms with van der Waals surface area (Å²) in [5, 5.41) is 0. The average Bonchev–Trinajstić information content (AvgIpc) is 2.07. The van der Waals surface area contributed by atoms with Crippen LogP contribution >= 0.6 is 0 Å². The third kappa shape index (κ3) is 0.932. The van der Waals surface area contributed by atoms with Crippen LogP contribution in [0.5, 0.6) is 0 Å². The molecular weight excluding hydrogens is 168 g/mol. The molecule has 0 saturated carbocycles. The third-order valence-electron chi connectivity index (χ3n) is 4.08. The van der Waals surface area contributed by atoms with Gasteiger partial charge >= 0.3 is 8.56 Å². The number of rotatable bonds is 2. The van der Waals surface area contributed by atoms with E-state index in [2.05, 4.69) is 27.7 Å². The summed E-state index contributed by atoms with van der Waals surface area (Å²) in [6, 6.07) is 0. The van der Waals surface area contributed by atoms with E-state index in [0.29, 0.717) is 16.5 Å². The SMILES string of the molecule is CO[Si]1(OC)C(C)C(C)(C)C1C. The molecule has 1 saturated heterocycles. The molecule has 1 aliphatic heterocycles. The van der Waals surface area contributed by atoms with Gasteiger partial charge in [-0.05, 0) is 5.41 Å². The molecule has 3 heteroatoms. The van der Waals surface area contributed by atoms with Crippen molar-refractivity contribution in [2.24, 2.45) is 5.41 Å². The third-order valence-corrected chi connectivity index (χ3v) is 9.26. The highest BCUT2D eigenvalue weighted by Gasteiger charge is 2.67. The van der Waals surface area contributed by atoms with Gasteiger partial charge in [-0.15, -0.1) is 0 Å². The summed E-state index contributed by atoms with van der Waals surface area (Å²) < 4.78 is 11.2. The predicted octanol–water partition coefficient (Wildman–Crippen LogP) is 2.54. The van der Waals surface area contributed by atoms with Gasteiger partial charge in [0.2, 0.25) is 0 Å². The zero-order valence-corrected chi connectivity index (χ0v) is 9.97. The molecule has 1 aliphatic rings. The Kier molecular flexibility index (Phi) is 2.40. The quantitative estimate of drug-likeness (QED) is 0.620. The van der Waals surface area contributed by atoms with Crippen molar-refractivity contribution in [3.63, 3.8) is 0 Å². The molecule has 2 unspecified atom stereocenters. The lowest BCUT2D eigenvalue weighted by Gasteiger charge is -2.60. The van der Waals surface area contributed by atoms with Crippen molar-refractivity contribution < 1.29 is 8.85 Å². The van der Waals surface area contributed by atoms with Crippen molar-refractivity contribution in [2.45, 2.75) is 38.8 Å². The van der Waals surface area contributed by atoms with Crippen LogP contribution in [0.15, 0.2) is 0 Å². The lowest BCUT2D eigenvalue weighted by Crippen LogP contribution is -2.65. The zero-order valence-electron chi connectivity index (χ0n) is 8.97. The topological polar surface area (TPSA) is 18.5 Å². The van der Waals surface area contributed by atoms with Crippen LogP contribution in [-0.2, 0) is 8.85 Å². The molecule has 0 N–H and O–H groups in total. The predicted molar refractivity (Wildman–Crippen MR) is 52.4 cm³/mol. The summed E-state index contributed by atoms with van der Waals surface area (Å²) in [4.78, 5) is 0. The Morgan fingerprint density at radius 2 is 1.33 bits per heavy atom. The van der Waals surface area contributed by atoms with Gasteiger partial charge < -0.3 is 8.85 Å². The van der Waals surface area contributed by atoms with Crippen LogP contribution < -0.4 is 0 Å². The molecule has 2 atom stereocenters. The second-order valence-electron chi connectivity index (χ2n) is 4.39. The Balaban J connectivity index is 2.84. The average molecular weight is 188 g/mol. The van der Waals surface area contributed by atoms with Gasteiger partial charge in [-0.3, -0.25) is 0 Å². The van der Waals surface area contributed by atoms with Crippen LogP contribution in [0.1, 0.15) is 27.7 Å². The second-order valence-corrected chi connectivity index (χ2v) is 8.39. The van der Waals surface area contributed by atoms with E-state index in [1.54, 1.807) is 14.2 Å². The highest BCUT2D eigenvalue weighted by Crippen LogP contribution is 2.64. The Morgan fingerprint density at radius 3 is 1.50 bits per heavy atom. The minimum atomic E-state index is -1.83. The van der Waals surface area contributed by atoms with Gasteiger partial charge in [0.05, 0.1) is 0 Å². The summed E-state index contributed by atoms with van der Waals surface area (Å²) in [6.07, 6.45) is 0. The lowest BCUT2D eigenvalue weighted by atomic mass is 9.84. The van der Waals surface area contributed by atoms with Gasteiger partial charge in [-0.1, -0.05) is 27.7 Å². The fraction of sp³-hybridized carbons (Fsp3) is 1.00. The van der Waals surface area contributed by atoms with E-state index < -0.39 is 8.56 Å². The fourth-order valence-corrected chi connectivity index (χ4v) is 7.11. The molecule has 0 spiro atoms. The van der Waals surface area contributed by atoms with Crippen LogP contribution in [0.25, 0.3) is 0 Å². The van der Waals surface area contributed by atoms with Crippen LogP contribution in [0, 0.1) is 5.41 Å². The standard InChI is InChI=1S/C9H20O2Si/c1-7-9(3,4)8(2)12(7,10-5)11-6/h7-8H,1-6H3. The second kappa shape index (κ2) is 2.82. The first-order chi connectivity index (χ1) is 5.43. The van der Waals surface area contributed by atoms with E-state index >= 15 is 0 Å². The molecular formula is C9H20O2Si. The van der Waals surface area contributed by atoms with Crippen LogP contribution in [-0.4, -0.2) is 22.8 Å². The normalized spacial score (nSPS) is 37.5. The summed E-state index contributed by atoms with van der Waals surface area (Å²) in [6.45, 7) is 9.09. The van der Waals surface area contributed by atoms with E-state index in [9.17, 15) is 0 Å². The molecule has 0 aliphatic carbocycles. The molecule has 1 fully saturated rings. The smallest absolute Gasteiger partial charge is 0.344 e. The van der Waals surface area contributed by atoms with Gasteiger partial charge in [-0.2, -0.15) is 0 Å². The minimum absolute atomic E-state index is 0.387. The Hall–Kier alpha value is 0.137. The zero-order chi connectivity index (χ0) is 9.57. The molecule has 1 rings (SSSR count).